The van der Waals surface area contributed by atoms with E-state index in [2.05, 4.69) is 10.4 Å². The summed E-state index contributed by atoms with van der Waals surface area (Å²) in [6, 6.07) is 3.21. The van der Waals surface area contributed by atoms with Crippen LogP contribution in [0.25, 0.3) is 0 Å². The first-order valence-corrected chi connectivity index (χ1v) is 7.38. The van der Waals surface area contributed by atoms with Crippen LogP contribution in [0.15, 0.2) is 24.5 Å². The van der Waals surface area contributed by atoms with Crippen LogP contribution in [0.2, 0.25) is 0 Å². The Bertz CT molecular complexity index is 656. The van der Waals surface area contributed by atoms with Crippen molar-refractivity contribution < 1.29 is 14.4 Å². The van der Waals surface area contributed by atoms with Crippen LogP contribution in [-0.4, -0.2) is 27.7 Å². The molecule has 1 aliphatic heterocycles. The van der Waals surface area contributed by atoms with Gasteiger partial charge in [-0.15, -0.1) is 0 Å². The molecule has 6 heteroatoms. The van der Waals surface area contributed by atoms with Gasteiger partial charge in [0.1, 0.15) is 0 Å². The van der Waals surface area contributed by atoms with Gasteiger partial charge in [-0.2, -0.15) is 5.01 Å². The maximum absolute atomic E-state index is 12.8. The lowest BCUT2D eigenvalue weighted by Gasteiger charge is -2.47. The summed E-state index contributed by atoms with van der Waals surface area (Å²) in [5.41, 5.74) is 1.74. The summed E-state index contributed by atoms with van der Waals surface area (Å²) in [6.07, 6.45) is 4.29. The summed E-state index contributed by atoms with van der Waals surface area (Å²) in [4.78, 5) is 41.4. The molecule has 1 N–H and O–H groups in total. The topological polar surface area (TPSA) is 79.4 Å². The molecule has 0 unspecified atom stereocenters. The first-order valence-electron chi connectivity index (χ1n) is 7.38. The van der Waals surface area contributed by atoms with Crippen LogP contribution in [-0.2, 0) is 9.59 Å². The van der Waals surface area contributed by atoms with Crippen molar-refractivity contribution in [3.05, 3.63) is 30.1 Å². The second-order valence-corrected chi connectivity index (χ2v) is 6.81. The molecule has 2 fully saturated rings. The largest absolute Gasteiger partial charge is 0.272 e. The van der Waals surface area contributed by atoms with Crippen molar-refractivity contribution >= 4 is 17.7 Å². The Hall–Kier alpha value is -2.24. The number of piperidine rings is 1. The van der Waals surface area contributed by atoms with Crippen LogP contribution < -0.4 is 5.43 Å². The zero-order valence-corrected chi connectivity index (χ0v) is 12.9. The Morgan fingerprint density at radius 1 is 1.36 bits per heavy atom. The summed E-state index contributed by atoms with van der Waals surface area (Å²) < 4.78 is 0. The van der Waals surface area contributed by atoms with Crippen LogP contribution in [0.1, 0.15) is 44.0 Å². The number of hydrogen-bond acceptors (Lipinski definition) is 4. The SMILES string of the molecule is CC1(C)[C@H]2CC[C@@]1(C)C(=O)N(NC(=O)c1cccnc1)C2=O. The van der Waals surface area contributed by atoms with Crippen LogP contribution in [0.3, 0.4) is 0 Å². The molecular weight excluding hydrogens is 282 g/mol. The third kappa shape index (κ3) is 1.79. The number of rotatable bonds is 2. The number of nitrogens with one attached hydrogen (secondary N) is 1. The third-order valence-corrected chi connectivity index (χ3v) is 5.56. The number of carbonyl (C=O) groups is 3. The highest BCUT2D eigenvalue weighted by molar-refractivity contribution is 6.06. The highest BCUT2D eigenvalue weighted by atomic mass is 16.2. The number of aromatic nitrogens is 1. The van der Waals surface area contributed by atoms with E-state index in [-0.39, 0.29) is 17.7 Å². The summed E-state index contributed by atoms with van der Waals surface area (Å²) in [6.45, 7) is 5.80. The van der Waals surface area contributed by atoms with Crippen LogP contribution in [0, 0.1) is 16.7 Å². The maximum Gasteiger partial charge on any atom is 0.271 e. The molecule has 0 radical (unpaired) electrons. The van der Waals surface area contributed by atoms with Gasteiger partial charge in [0.25, 0.3) is 17.7 Å². The minimum Gasteiger partial charge on any atom is -0.272 e. The van der Waals surface area contributed by atoms with Crippen molar-refractivity contribution in [1.82, 2.24) is 15.4 Å². The van der Waals surface area contributed by atoms with Gasteiger partial charge in [-0.25, -0.2) is 0 Å². The average molecular weight is 301 g/mol. The number of fused-ring (bicyclic) bond motifs is 2. The molecule has 1 saturated heterocycles. The van der Waals surface area contributed by atoms with Crippen LogP contribution in [0.5, 0.6) is 0 Å². The second kappa shape index (κ2) is 4.63. The molecule has 6 nitrogen and oxygen atoms in total. The molecule has 2 atom stereocenters. The number of pyridine rings is 1. The summed E-state index contributed by atoms with van der Waals surface area (Å²) in [5, 5.41) is 0.915. The molecule has 1 saturated carbocycles. The van der Waals surface area contributed by atoms with E-state index < -0.39 is 16.7 Å². The summed E-state index contributed by atoms with van der Waals surface area (Å²) in [5.74, 6) is -1.39. The molecule has 0 spiro atoms. The molecule has 1 aliphatic carbocycles. The molecule has 2 aliphatic rings. The number of imide groups is 1. The first-order chi connectivity index (χ1) is 10.3. The minimum absolute atomic E-state index is 0.246. The van der Waals surface area contributed by atoms with Gasteiger partial charge in [-0.3, -0.25) is 24.8 Å². The Morgan fingerprint density at radius 2 is 2.09 bits per heavy atom. The number of hydrogen-bond donors (Lipinski definition) is 1. The number of nitrogens with zero attached hydrogens (tertiary/aromatic N) is 2. The van der Waals surface area contributed by atoms with Gasteiger partial charge < -0.3 is 0 Å². The minimum atomic E-state index is -0.631. The smallest absolute Gasteiger partial charge is 0.271 e. The third-order valence-electron chi connectivity index (χ3n) is 5.56. The maximum atomic E-state index is 12.8. The highest BCUT2D eigenvalue weighted by Gasteiger charge is 2.64. The predicted octanol–water partition coefficient (Wildman–Crippen LogP) is 1.54. The first kappa shape index (κ1) is 14.7. The van der Waals surface area contributed by atoms with Gasteiger partial charge in [0.15, 0.2) is 0 Å². The van der Waals surface area contributed by atoms with E-state index in [1.54, 1.807) is 18.3 Å². The van der Waals surface area contributed by atoms with Crippen molar-refractivity contribution in [2.24, 2.45) is 16.7 Å². The molecule has 0 aromatic carbocycles. The van der Waals surface area contributed by atoms with E-state index in [0.29, 0.717) is 18.4 Å². The van der Waals surface area contributed by atoms with Crippen molar-refractivity contribution in [2.75, 3.05) is 0 Å². The van der Waals surface area contributed by atoms with Gasteiger partial charge in [-0.1, -0.05) is 20.8 Å². The lowest BCUT2D eigenvalue weighted by Crippen LogP contribution is -2.63. The number of carbonyl (C=O) groups excluding carboxylic acids is 3. The zero-order chi connectivity index (χ0) is 16.1. The Labute approximate surface area is 128 Å². The van der Waals surface area contributed by atoms with Gasteiger partial charge in [0.05, 0.1) is 11.0 Å². The molecular formula is C16H19N3O3. The summed E-state index contributed by atoms with van der Waals surface area (Å²) >= 11 is 0. The van der Waals surface area contributed by atoms with Crippen LogP contribution >= 0.6 is 0 Å². The normalized spacial score (nSPS) is 29.6. The Balaban J connectivity index is 1.89. The Morgan fingerprint density at radius 3 is 2.73 bits per heavy atom. The number of amides is 3. The number of hydrazine groups is 1. The molecule has 1 aromatic heterocycles. The lowest BCUT2D eigenvalue weighted by atomic mass is 9.63. The quantitative estimate of drug-likeness (QED) is 0.840. The fourth-order valence-corrected chi connectivity index (χ4v) is 3.59. The van der Waals surface area contributed by atoms with E-state index >= 15 is 0 Å². The van der Waals surface area contributed by atoms with Crippen molar-refractivity contribution in [3.8, 4) is 0 Å². The fraction of sp³-hybridized carbons (Fsp3) is 0.500. The Kier molecular flexibility index (Phi) is 3.09. The van der Waals surface area contributed by atoms with Crippen LogP contribution in [0.4, 0.5) is 0 Å². The van der Waals surface area contributed by atoms with E-state index in [1.165, 1.54) is 6.20 Å². The molecule has 3 rings (SSSR count). The van der Waals surface area contributed by atoms with E-state index in [0.717, 1.165) is 5.01 Å². The fourth-order valence-electron chi connectivity index (χ4n) is 3.59. The average Bonchev–Trinajstić information content (AvgIpc) is 2.69. The molecule has 3 amide bonds. The molecule has 116 valence electrons. The monoisotopic (exact) mass is 301 g/mol. The van der Waals surface area contributed by atoms with Gasteiger partial charge in [0.2, 0.25) is 0 Å². The molecule has 1 aromatic rings. The van der Waals surface area contributed by atoms with E-state index in [9.17, 15) is 14.4 Å². The van der Waals surface area contributed by atoms with Gasteiger partial charge in [-0.05, 0) is 30.4 Å². The molecule has 2 bridgehead atoms. The van der Waals surface area contributed by atoms with E-state index in [1.807, 2.05) is 20.8 Å². The molecule has 22 heavy (non-hydrogen) atoms. The van der Waals surface area contributed by atoms with Crippen molar-refractivity contribution in [1.29, 1.82) is 0 Å². The molecule has 2 heterocycles. The van der Waals surface area contributed by atoms with E-state index in [4.69, 9.17) is 0 Å². The van der Waals surface area contributed by atoms with Gasteiger partial charge in [0, 0.05) is 18.3 Å². The van der Waals surface area contributed by atoms with Crippen molar-refractivity contribution in [3.63, 3.8) is 0 Å². The lowest BCUT2D eigenvalue weighted by molar-refractivity contribution is -0.171. The predicted molar refractivity (Wildman–Crippen MR) is 78.2 cm³/mol. The second-order valence-electron chi connectivity index (χ2n) is 6.81. The highest BCUT2D eigenvalue weighted by Crippen LogP contribution is 2.59. The van der Waals surface area contributed by atoms with Gasteiger partial charge >= 0.3 is 0 Å². The zero-order valence-electron chi connectivity index (χ0n) is 12.9. The van der Waals surface area contributed by atoms with Crippen molar-refractivity contribution in [2.45, 2.75) is 33.6 Å². The standard InChI is InChI=1S/C16H19N3O3/c1-15(2)11-6-7-16(15,3)14(22)19(13(11)21)18-12(20)10-5-4-8-17-9-10/h4-5,8-9,11H,6-7H2,1-3H3,(H,18,20)/t11-,16-/m0/s1. The summed E-state index contributed by atoms with van der Waals surface area (Å²) in [7, 11) is 0.